The zero-order valence-corrected chi connectivity index (χ0v) is 56.6. The number of aliphatic hydroxyl groups is 6. The van der Waals surface area contributed by atoms with Gasteiger partial charge in [0.2, 0.25) is 0 Å². The predicted molar refractivity (Wildman–Crippen MR) is 319 cm³/mol. The first-order valence-electron chi connectivity index (χ1n) is 32.0. The zero-order valence-electron chi connectivity index (χ0n) is 55.1. The molecule has 0 unspecified atom stereocenters. The normalized spacial score (nSPS) is 45.4. The molecule has 10 aliphatic heterocycles. The summed E-state index contributed by atoms with van der Waals surface area (Å²) in [5.74, 6) is -7.28. The number of hydrogen-bond donors (Lipinski definition) is 9. The van der Waals surface area contributed by atoms with Gasteiger partial charge in [-0.05, 0) is 65.7 Å². The lowest BCUT2D eigenvalue weighted by Crippen LogP contribution is -2.68. The quantitative estimate of drug-likeness (QED) is 0.0945. The topological polar surface area (TPSA) is 429 Å². The van der Waals surface area contributed by atoms with Gasteiger partial charge < -0.3 is 155 Å². The maximum atomic E-state index is 13.6. The Kier molecular flexibility index (Phi) is 21.8. The lowest BCUT2D eigenvalue weighted by Gasteiger charge is -2.50. The van der Waals surface area contributed by atoms with E-state index in [0.717, 1.165) is 6.07 Å². The fraction of sp³-hybridized carbons (Fsp3) is 0.774. The summed E-state index contributed by atoms with van der Waals surface area (Å²) in [5, 5.41) is 102. The third kappa shape index (κ3) is 13.4. The summed E-state index contributed by atoms with van der Waals surface area (Å²) >= 11 is 12.5. The molecule has 0 aliphatic carbocycles. The van der Waals surface area contributed by atoms with Crippen LogP contribution in [-0.4, -0.2) is 302 Å². The number of aryl methyl sites for hydroxylation is 1. The van der Waals surface area contributed by atoms with E-state index >= 15 is 0 Å². The minimum atomic E-state index is -1.99. The number of rotatable bonds is 17. The predicted octanol–water partition coefficient (Wildman–Crippen LogP) is 0.0525. The Morgan fingerprint density at radius 3 is 2.01 bits per heavy atom. The van der Waals surface area contributed by atoms with Crippen molar-refractivity contribution in [1.82, 2.24) is 0 Å². The van der Waals surface area contributed by atoms with Crippen LogP contribution in [0.2, 0.25) is 10.0 Å². The molecule has 550 valence electrons. The van der Waals surface area contributed by atoms with Crippen LogP contribution in [0.1, 0.15) is 79.3 Å². The van der Waals surface area contributed by atoms with E-state index in [9.17, 15) is 55.5 Å². The second-order valence-corrected chi connectivity index (χ2v) is 26.8. The minimum absolute atomic E-state index is 0.121. The average molecular weight is 1440 g/mol. The molecule has 36 heteroatoms. The molecule has 2 aromatic carbocycles. The Bertz CT molecular complexity index is 3140. The number of carbonyl (C=O) groups is 2. The molecule has 2 spiro atoms. The molecule has 31 atom stereocenters. The second kappa shape index (κ2) is 29.0. The fourth-order valence-corrected chi connectivity index (χ4v) is 15.2. The SMILES string of the molecule is COC[C@H]1O[C@@H](O[C@@H]2OC[C@@H]3O[C@@]4(OC[C@@H](OC(=O)c5c(C)cc(O)cc5O)[C@@H]5OCO[C@H]54)O[C@H]3[C@H]2O)[C@@H](OC)[C@@H](O)[C@@H]1O[C@@H]1O[C@H](C)[C@H](OC)[C@H](O[C@@H]2O[C@H](C)[C@H]3O[C@]4(C[C@@H](O)[C@H](O[C@H]5C[C@@H](O)[C@H](OC(=O)c6c(C)c(Cl)c(O)c(Cl)c6OC)[C@@H](C)O5)[C@@H](C)O4)O[C@]3(C)[C@@H]2O)[C@H]1O. The van der Waals surface area contributed by atoms with Gasteiger partial charge in [-0.2, -0.15) is 0 Å². The molecule has 0 saturated carbocycles. The Balaban J connectivity index is 0.658. The Morgan fingerprint density at radius 2 is 1.33 bits per heavy atom. The van der Waals surface area contributed by atoms with Gasteiger partial charge in [-0.25, -0.2) is 9.59 Å². The smallest absolute Gasteiger partial charge is 0.342 e. The highest BCUT2D eigenvalue weighted by atomic mass is 35.5. The number of benzene rings is 2. The van der Waals surface area contributed by atoms with Gasteiger partial charge in [0.15, 0.2) is 61.3 Å². The number of ether oxygens (including phenoxy) is 23. The summed E-state index contributed by atoms with van der Waals surface area (Å²) in [6, 6.07) is 2.29. The van der Waals surface area contributed by atoms with E-state index < -0.39 is 213 Å². The van der Waals surface area contributed by atoms with E-state index in [4.69, 9.17) is 132 Å². The number of aromatic hydroxyl groups is 3. The molecule has 0 amide bonds. The van der Waals surface area contributed by atoms with Crippen LogP contribution >= 0.6 is 23.2 Å². The van der Waals surface area contributed by atoms with Crippen molar-refractivity contribution in [2.75, 3.05) is 55.1 Å². The monoisotopic (exact) mass is 1440 g/mol. The van der Waals surface area contributed by atoms with Crippen molar-refractivity contribution in [3.8, 4) is 23.0 Å². The molecule has 98 heavy (non-hydrogen) atoms. The van der Waals surface area contributed by atoms with E-state index in [1.807, 2.05) is 0 Å². The highest BCUT2D eigenvalue weighted by Gasteiger charge is 2.70. The van der Waals surface area contributed by atoms with Crippen molar-refractivity contribution in [2.45, 2.75) is 251 Å². The van der Waals surface area contributed by atoms with Crippen molar-refractivity contribution in [1.29, 1.82) is 0 Å². The zero-order chi connectivity index (χ0) is 70.5. The first-order valence-corrected chi connectivity index (χ1v) is 32.7. The molecule has 10 saturated heterocycles. The Hall–Kier alpha value is -3.88. The van der Waals surface area contributed by atoms with Crippen LogP contribution in [0, 0.1) is 13.8 Å². The van der Waals surface area contributed by atoms with Crippen molar-refractivity contribution in [2.24, 2.45) is 0 Å². The minimum Gasteiger partial charge on any atom is -0.508 e. The molecule has 12 rings (SSSR count). The van der Waals surface area contributed by atoms with Crippen molar-refractivity contribution >= 4 is 35.1 Å². The number of carbonyl (C=O) groups excluding carboxylic acids is 2. The summed E-state index contributed by atoms with van der Waals surface area (Å²) in [4.78, 5) is 26.9. The van der Waals surface area contributed by atoms with Crippen LogP contribution in [0.3, 0.4) is 0 Å². The number of fused-ring (bicyclic) bond motifs is 4. The molecule has 2 aromatic rings. The lowest BCUT2D eigenvalue weighted by molar-refractivity contribution is -0.414. The molecule has 10 fully saturated rings. The molecule has 34 nitrogen and oxygen atoms in total. The third-order valence-electron chi connectivity index (χ3n) is 19.5. The summed E-state index contributed by atoms with van der Waals surface area (Å²) in [6.07, 6.45) is -36.3. The number of halogens is 2. The molecule has 10 aliphatic rings. The van der Waals surface area contributed by atoms with Crippen molar-refractivity contribution in [3.05, 3.63) is 44.4 Å². The molecular weight excluding hydrogens is 1360 g/mol. The molecular formula is C62H84Cl2O34. The van der Waals surface area contributed by atoms with Gasteiger partial charge in [-0.1, -0.05) is 23.2 Å². The van der Waals surface area contributed by atoms with E-state index in [-0.39, 0.29) is 83.3 Å². The van der Waals surface area contributed by atoms with Crippen LogP contribution in [-0.2, 0) is 104 Å². The number of phenolic OH excluding ortho intramolecular Hbond substituents is 3. The first-order chi connectivity index (χ1) is 46.5. The van der Waals surface area contributed by atoms with E-state index in [2.05, 4.69) is 0 Å². The molecule has 10 heterocycles. The van der Waals surface area contributed by atoms with Crippen LogP contribution in [0.5, 0.6) is 23.0 Å². The first kappa shape index (κ1) is 73.9. The largest absolute Gasteiger partial charge is 0.508 e. The maximum Gasteiger partial charge on any atom is 0.342 e. The van der Waals surface area contributed by atoms with Crippen LogP contribution < -0.4 is 4.74 Å². The maximum absolute atomic E-state index is 13.6. The molecule has 0 bridgehead atoms. The van der Waals surface area contributed by atoms with Crippen molar-refractivity contribution in [3.63, 3.8) is 0 Å². The number of aliphatic hydroxyl groups excluding tert-OH is 6. The number of hydrogen-bond acceptors (Lipinski definition) is 34. The fourth-order valence-electron chi connectivity index (χ4n) is 14.7. The highest BCUT2D eigenvalue weighted by Crippen LogP contribution is 2.52. The van der Waals surface area contributed by atoms with Gasteiger partial charge in [-0.15, -0.1) is 0 Å². The van der Waals surface area contributed by atoms with Gasteiger partial charge in [0, 0.05) is 33.8 Å². The van der Waals surface area contributed by atoms with Crippen LogP contribution in [0.25, 0.3) is 0 Å². The van der Waals surface area contributed by atoms with E-state index in [0.29, 0.717) is 0 Å². The van der Waals surface area contributed by atoms with E-state index in [1.165, 1.54) is 48.4 Å². The Labute approximate surface area is 570 Å². The summed E-state index contributed by atoms with van der Waals surface area (Å²) in [7, 11) is 5.23. The third-order valence-corrected chi connectivity index (χ3v) is 20.3. The Morgan fingerprint density at radius 1 is 0.622 bits per heavy atom. The van der Waals surface area contributed by atoms with Crippen molar-refractivity contribution < 1.29 is 164 Å². The average Bonchev–Trinajstić information content (AvgIpc) is 1.59. The molecule has 0 radical (unpaired) electrons. The lowest BCUT2D eigenvalue weighted by atomic mass is 9.86. The summed E-state index contributed by atoms with van der Waals surface area (Å²) < 4.78 is 140. The van der Waals surface area contributed by atoms with Gasteiger partial charge >= 0.3 is 17.9 Å². The number of phenols is 3. The van der Waals surface area contributed by atoms with Gasteiger partial charge in [0.25, 0.3) is 5.97 Å². The second-order valence-electron chi connectivity index (χ2n) is 26.0. The number of esters is 2. The molecule has 9 N–H and O–H groups in total. The summed E-state index contributed by atoms with van der Waals surface area (Å²) in [5.41, 5.74) is -1.66. The van der Waals surface area contributed by atoms with Gasteiger partial charge in [0.05, 0.1) is 75.0 Å². The van der Waals surface area contributed by atoms with Gasteiger partial charge in [0.1, 0.15) is 125 Å². The van der Waals surface area contributed by atoms with E-state index in [1.54, 1.807) is 34.6 Å². The van der Waals surface area contributed by atoms with Crippen LogP contribution in [0.15, 0.2) is 12.1 Å². The summed E-state index contributed by atoms with van der Waals surface area (Å²) in [6.45, 7) is 9.81. The van der Waals surface area contributed by atoms with Gasteiger partial charge in [-0.3, -0.25) is 0 Å². The number of methoxy groups -OCH3 is 4. The highest BCUT2D eigenvalue weighted by molar-refractivity contribution is 6.39. The standard InChI is InChI=1S/C62H84Cl2O34/c1-20-12-26(65)13-27(66)34(20)54(74)87-31-18-83-62(53-47(31)81-19-82-53)95-32-17-80-56(40(71)46(32)96-62)93-58-50(79-11)39(70)45(30(88-58)16-76-8)91-57-41(72)49(44(77-9)23(4)85-57)92-59-51(73)60(7)52(25(6)86-59)97-61(98-60)15-29(68)43(24(5)94-61)89-33-14-28(67)42(22(3)84-33)90-55(75)35-21(2)36(63)38(69)37(64)48(35)78-10/h12-13,22-25,28-33,39-47,49-53,56-59,65-73H,14-19H2,1-11H3/t22-,23-,24-,25-,28-,29-,30-,31-,32+,33+,39+,40-,41-,42-,43-,44+,45-,46-,47+,49-,50+,51-,52-,53-,56+,57+,58+,59+,60-,61-,62-/m1/s1. The molecule has 0 aromatic heterocycles. The van der Waals surface area contributed by atoms with Crippen LogP contribution in [0.4, 0.5) is 0 Å².